The summed E-state index contributed by atoms with van der Waals surface area (Å²) in [4.78, 5) is 29.5. The first kappa shape index (κ1) is 22.8. The van der Waals surface area contributed by atoms with Gasteiger partial charge >= 0.3 is 0 Å². The first-order valence-corrected chi connectivity index (χ1v) is 10.3. The number of nitrogens with one attached hydrogen (secondary N) is 2. The van der Waals surface area contributed by atoms with Crippen molar-refractivity contribution in [2.24, 2.45) is 5.92 Å². The van der Waals surface area contributed by atoms with Crippen LogP contribution in [0.25, 0.3) is 0 Å². The van der Waals surface area contributed by atoms with Crippen LogP contribution in [-0.2, 0) is 6.42 Å². The Balaban J connectivity index is 1.76. The molecule has 32 heavy (non-hydrogen) atoms. The van der Waals surface area contributed by atoms with Crippen molar-refractivity contribution in [3.05, 3.63) is 82.1 Å². The zero-order valence-electron chi connectivity index (χ0n) is 17.6. The summed E-state index contributed by atoms with van der Waals surface area (Å²) in [6.45, 7) is 3.60. The van der Waals surface area contributed by atoms with E-state index in [0.29, 0.717) is 34.7 Å². The topological polar surface area (TPSA) is 121 Å². The molecule has 7 nitrogen and oxygen atoms in total. The summed E-state index contributed by atoms with van der Waals surface area (Å²) in [6, 6.07) is 15.5. The van der Waals surface area contributed by atoms with E-state index in [1.165, 1.54) is 12.3 Å². The number of carbonyl (C=O) groups is 2. The smallest absolute Gasteiger partial charge is 0.257 e. The van der Waals surface area contributed by atoms with Gasteiger partial charge in [-0.1, -0.05) is 23.7 Å². The minimum absolute atomic E-state index is 0.148. The predicted octanol–water partition coefficient (Wildman–Crippen LogP) is 4.83. The number of amides is 2. The van der Waals surface area contributed by atoms with Crippen molar-refractivity contribution in [1.29, 1.82) is 5.26 Å². The molecule has 0 radical (unpaired) electrons. The lowest BCUT2D eigenvalue weighted by molar-refractivity contribution is 0.101. The molecule has 1 unspecified atom stereocenters. The summed E-state index contributed by atoms with van der Waals surface area (Å²) in [5.74, 6) is -0.936. The van der Waals surface area contributed by atoms with Gasteiger partial charge in [-0.3, -0.25) is 14.6 Å². The molecule has 2 amide bonds. The number of hydrogen-bond donors (Lipinski definition) is 3. The summed E-state index contributed by atoms with van der Waals surface area (Å²) >= 11 is 6.21. The van der Waals surface area contributed by atoms with Gasteiger partial charge in [0.25, 0.3) is 11.8 Å². The van der Waals surface area contributed by atoms with E-state index in [-0.39, 0.29) is 22.4 Å². The first-order chi connectivity index (χ1) is 15.3. The second-order valence-electron chi connectivity index (χ2n) is 7.44. The van der Waals surface area contributed by atoms with E-state index in [4.69, 9.17) is 22.6 Å². The highest BCUT2D eigenvalue weighted by Crippen LogP contribution is 2.23. The lowest BCUT2D eigenvalue weighted by atomic mass is 10.0. The Morgan fingerprint density at radius 2 is 1.88 bits per heavy atom. The molecule has 3 rings (SSSR count). The molecule has 162 valence electrons. The highest BCUT2D eigenvalue weighted by atomic mass is 35.5. The average molecular weight is 448 g/mol. The fraction of sp³-hybridized carbons (Fsp3) is 0.167. The molecule has 2 aromatic carbocycles. The number of carbonyl (C=O) groups excluding carboxylic acids is 2. The summed E-state index contributed by atoms with van der Waals surface area (Å²) in [5, 5.41) is 14.7. The third kappa shape index (κ3) is 5.62. The number of aromatic nitrogens is 1. The van der Waals surface area contributed by atoms with E-state index in [2.05, 4.69) is 21.7 Å². The first-order valence-electron chi connectivity index (χ1n) is 9.89. The quantitative estimate of drug-likeness (QED) is 0.499. The molecule has 0 aliphatic heterocycles. The lowest BCUT2D eigenvalue weighted by Gasteiger charge is -2.11. The maximum absolute atomic E-state index is 12.7. The molecule has 0 aliphatic carbocycles. The molecular weight excluding hydrogens is 426 g/mol. The van der Waals surface area contributed by atoms with Crippen LogP contribution < -0.4 is 16.4 Å². The molecule has 1 aromatic heterocycles. The Bertz CT molecular complexity index is 1220. The van der Waals surface area contributed by atoms with Gasteiger partial charge in [0, 0.05) is 17.2 Å². The number of aryl methyl sites for hydroxylation is 1. The molecule has 0 bridgehead atoms. The number of nitrogen functional groups attached to an aromatic ring is 1. The van der Waals surface area contributed by atoms with Crippen molar-refractivity contribution in [1.82, 2.24) is 4.98 Å². The third-order valence-corrected chi connectivity index (χ3v) is 5.13. The van der Waals surface area contributed by atoms with Crippen LogP contribution in [0.4, 0.5) is 17.1 Å². The van der Waals surface area contributed by atoms with Gasteiger partial charge in [0.05, 0.1) is 39.9 Å². The number of nitrogens with zero attached hydrogens (tertiary/aromatic N) is 2. The van der Waals surface area contributed by atoms with Crippen LogP contribution in [0.5, 0.6) is 0 Å². The molecule has 0 spiro atoms. The van der Waals surface area contributed by atoms with E-state index < -0.39 is 5.91 Å². The molecule has 0 aliphatic rings. The van der Waals surface area contributed by atoms with Crippen molar-refractivity contribution in [2.45, 2.75) is 20.3 Å². The molecule has 1 heterocycles. The number of rotatable bonds is 6. The fourth-order valence-corrected chi connectivity index (χ4v) is 3.24. The van der Waals surface area contributed by atoms with E-state index in [9.17, 15) is 9.59 Å². The fourth-order valence-electron chi connectivity index (χ4n) is 3.04. The van der Waals surface area contributed by atoms with Crippen molar-refractivity contribution in [2.75, 3.05) is 16.4 Å². The van der Waals surface area contributed by atoms with Crippen molar-refractivity contribution >= 4 is 40.5 Å². The van der Waals surface area contributed by atoms with Crippen LogP contribution in [0.1, 0.15) is 38.9 Å². The zero-order chi connectivity index (χ0) is 23.3. The molecule has 4 N–H and O–H groups in total. The molecule has 0 saturated heterocycles. The standard InChI is InChI=1S/C24H22ClN5O2/c1-14(12-26)8-16-4-3-5-17(9-16)23(31)29-18-6-7-21(25)20(10-18)24(32)30-19-11-22(27)15(2)28-13-19/h3-7,9-11,13-14H,8,27H2,1-2H3,(H,29,31)(H,30,32). The van der Waals surface area contributed by atoms with Crippen LogP contribution in [0.15, 0.2) is 54.7 Å². The van der Waals surface area contributed by atoms with Gasteiger partial charge in [0.2, 0.25) is 0 Å². The second kappa shape index (κ2) is 9.94. The number of hydrogen-bond acceptors (Lipinski definition) is 5. The van der Waals surface area contributed by atoms with Crippen LogP contribution >= 0.6 is 11.6 Å². The van der Waals surface area contributed by atoms with Crippen molar-refractivity contribution < 1.29 is 9.59 Å². The van der Waals surface area contributed by atoms with E-state index in [1.54, 1.807) is 43.3 Å². The van der Waals surface area contributed by atoms with Gasteiger partial charge in [-0.2, -0.15) is 5.26 Å². The number of pyridine rings is 1. The van der Waals surface area contributed by atoms with Gasteiger partial charge < -0.3 is 16.4 Å². The molecular formula is C24H22ClN5O2. The molecule has 0 saturated carbocycles. The van der Waals surface area contributed by atoms with E-state index in [1.807, 2.05) is 13.0 Å². The second-order valence-corrected chi connectivity index (χ2v) is 7.84. The summed E-state index contributed by atoms with van der Waals surface area (Å²) < 4.78 is 0. The minimum atomic E-state index is -0.455. The number of halogens is 1. The van der Waals surface area contributed by atoms with Crippen molar-refractivity contribution in [3.63, 3.8) is 0 Å². The number of nitriles is 1. The minimum Gasteiger partial charge on any atom is -0.397 e. The highest BCUT2D eigenvalue weighted by molar-refractivity contribution is 6.34. The van der Waals surface area contributed by atoms with Crippen LogP contribution in [0, 0.1) is 24.2 Å². The third-order valence-electron chi connectivity index (χ3n) is 4.80. The maximum atomic E-state index is 12.7. The highest BCUT2D eigenvalue weighted by Gasteiger charge is 2.15. The molecule has 0 fully saturated rings. The Morgan fingerprint density at radius 3 is 2.59 bits per heavy atom. The predicted molar refractivity (Wildman–Crippen MR) is 126 cm³/mol. The van der Waals surface area contributed by atoms with Gasteiger partial charge in [0.15, 0.2) is 0 Å². The Labute approximate surface area is 191 Å². The molecule has 3 aromatic rings. The maximum Gasteiger partial charge on any atom is 0.257 e. The Morgan fingerprint density at radius 1 is 1.12 bits per heavy atom. The van der Waals surface area contributed by atoms with Gasteiger partial charge in [0.1, 0.15) is 0 Å². The van der Waals surface area contributed by atoms with Crippen molar-refractivity contribution in [3.8, 4) is 6.07 Å². The lowest BCUT2D eigenvalue weighted by Crippen LogP contribution is -2.15. The van der Waals surface area contributed by atoms with E-state index in [0.717, 1.165) is 5.56 Å². The van der Waals surface area contributed by atoms with Crippen LogP contribution in [-0.4, -0.2) is 16.8 Å². The van der Waals surface area contributed by atoms with Gasteiger partial charge in [-0.25, -0.2) is 0 Å². The zero-order valence-corrected chi connectivity index (χ0v) is 18.4. The monoisotopic (exact) mass is 447 g/mol. The summed E-state index contributed by atoms with van der Waals surface area (Å²) in [7, 11) is 0. The SMILES string of the molecule is Cc1ncc(NC(=O)c2cc(NC(=O)c3cccc(CC(C)C#N)c3)ccc2Cl)cc1N. The van der Waals surface area contributed by atoms with Gasteiger partial charge in [-0.05, 0) is 62.2 Å². The molecule has 1 atom stereocenters. The number of benzene rings is 2. The van der Waals surface area contributed by atoms with E-state index >= 15 is 0 Å². The summed E-state index contributed by atoms with van der Waals surface area (Å²) in [6.07, 6.45) is 2.06. The number of nitrogens with two attached hydrogens (primary N) is 1. The van der Waals surface area contributed by atoms with Crippen LogP contribution in [0.3, 0.4) is 0 Å². The number of anilines is 3. The van der Waals surface area contributed by atoms with Gasteiger partial charge in [-0.15, -0.1) is 0 Å². The largest absolute Gasteiger partial charge is 0.397 e. The average Bonchev–Trinajstić information content (AvgIpc) is 2.77. The Kier molecular flexibility index (Phi) is 7.08. The normalized spacial score (nSPS) is 11.3. The summed E-state index contributed by atoms with van der Waals surface area (Å²) in [5.41, 5.74) is 9.37. The Hall–Kier alpha value is -3.89. The van der Waals surface area contributed by atoms with Crippen LogP contribution in [0.2, 0.25) is 5.02 Å². The molecule has 8 heteroatoms.